The lowest BCUT2D eigenvalue weighted by atomic mass is 10.0. The van der Waals surface area contributed by atoms with E-state index < -0.39 is 24.3 Å². The molecule has 2 aromatic heterocycles. The van der Waals surface area contributed by atoms with Crippen molar-refractivity contribution < 1.29 is 28.7 Å². The number of alkyl carbamates (subject to hydrolysis) is 2. The first-order valence-electron chi connectivity index (χ1n) is 18.7. The highest BCUT2D eigenvalue weighted by Crippen LogP contribution is 2.44. The molecule has 3 aromatic carbocycles. The van der Waals surface area contributed by atoms with Gasteiger partial charge in [-0.2, -0.15) is 0 Å². The number of imidazole rings is 2. The second-order valence-corrected chi connectivity index (χ2v) is 14.7. The fraction of sp³-hybridized carbons (Fsp3) is 0.366. The number of hydrogen-bond donors (Lipinski definition) is 4. The third-order valence-electron chi connectivity index (χ3n) is 11.1. The van der Waals surface area contributed by atoms with Gasteiger partial charge in [0.05, 0.1) is 54.9 Å². The number of aromatic amines is 2. The number of likely N-dealkylation sites (tertiary alicyclic amines) is 1. The molecule has 14 nitrogen and oxygen atoms in total. The molecule has 0 unspecified atom stereocenters. The predicted octanol–water partition coefficient (Wildman–Crippen LogP) is 5.97. The van der Waals surface area contributed by atoms with Crippen LogP contribution in [0.5, 0.6) is 0 Å². The van der Waals surface area contributed by atoms with Gasteiger partial charge in [0, 0.05) is 13.0 Å². The summed E-state index contributed by atoms with van der Waals surface area (Å²) in [5.41, 5.74) is 8.56. The van der Waals surface area contributed by atoms with Gasteiger partial charge in [-0.05, 0) is 71.6 Å². The number of fused-ring (bicyclic) bond motifs is 1. The van der Waals surface area contributed by atoms with Crippen molar-refractivity contribution in [3.63, 3.8) is 0 Å². The molecule has 5 aromatic rings. The molecule has 5 heterocycles. The van der Waals surface area contributed by atoms with Gasteiger partial charge in [0.25, 0.3) is 0 Å². The number of amides is 4. The Morgan fingerprint density at radius 3 is 2.38 bits per heavy atom. The summed E-state index contributed by atoms with van der Waals surface area (Å²) in [4.78, 5) is 71.8. The summed E-state index contributed by atoms with van der Waals surface area (Å²) < 4.78 is 9.57. The molecule has 8 rings (SSSR count). The normalized spacial score (nSPS) is 19.7. The summed E-state index contributed by atoms with van der Waals surface area (Å²) in [6.07, 6.45) is 3.91. The Labute approximate surface area is 318 Å². The number of hydrogen-bond acceptors (Lipinski definition) is 8. The van der Waals surface area contributed by atoms with E-state index in [-0.39, 0.29) is 29.8 Å². The molecule has 0 aliphatic carbocycles. The maximum Gasteiger partial charge on any atom is 0.407 e. The molecule has 1 fully saturated rings. The molecule has 4 amide bonds. The Morgan fingerprint density at radius 1 is 0.873 bits per heavy atom. The number of benzene rings is 3. The molecule has 4 N–H and O–H groups in total. The number of nitrogens with one attached hydrogen (secondary N) is 4. The molecule has 0 spiro atoms. The maximum absolute atomic E-state index is 13.9. The zero-order chi connectivity index (χ0) is 38.4. The first-order valence-corrected chi connectivity index (χ1v) is 18.7. The lowest BCUT2D eigenvalue weighted by Crippen LogP contribution is -2.51. The molecular formula is C41H44N8O6. The highest BCUT2D eigenvalue weighted by atomic mass is 16.5. The monoisotopic (exact) mass is 744 g/mol. The van der Waals surface area contributed by atoms with E-state index in [1.165, 1.54) is 14.2 Å². The van der Waals surface area contributed by atoms with E-state index in [2.05, 4.69) is 44.9 Å². The van der Waals surface area contributed by atoms with Gasteiger partial charge in [-0.3, -0.25) is 14.5 Å². The van der Waals surface area contributed by atoms with Gasteiger partial charge >= 0.3 is 12.2 Å². The summed E-state index contributed by atoms with van der Waals surface area (Å²) in [6.45, 7) is 4.39. The number of para-hydroxylation sites is 1. The van der Waals surface area contributed by atoms with Crippen molar-refractivity contribution in [2.75, 3.05) is 25.7 Å². The van der Waals surface area contributed by atoms with Crippen molar-refractivity contribution in [1.82, 2.24) is 35.5 Å². The summed E-state index contributed by atoms with van der Waals surface area (Å²) in [5, 5.41) is 5.43. The number of aryl methyl sites for hydroxylation is 1. The number of rotatable bonds is 8. The largest absolute Gasteiger partial charge is 0.453 e. The zero-order valence-corrected chi connectivity index (χ0v) is 31.2. The van der Waals surface area contributed by atoms with Crippen molar-refractivity contribution in [2.24, 2.45) is 5.92 Å². The summed E-state index contributed by atoms with van der Waals surface area (Å²) in [7, 11) is 2.58. The van der Waals surface area contributed by atoms with Gasteiger partial charge in [0.2, 0.25) is 11.8 Å². The van der Waals surface area contributed by atoms with Gasteiger partial charge in [-0.25, -0.2) is 19.6 Å². The molecule has 4 atom stereocenters. The number of methoxy groups -OCH3 is 2. The van der Waals surface area contributed by atoms with Crippen LogP contribution in [0.1, 0.15) is 68.0 Å². The van der Waals surface area contributed by atoms with E-state index in [9.17, 15) is 19.2 Å². The zero-order valence-electron chi connectivity index (χ0n) is 31.2. The third-order valence-corrected chi connectivity index (χ3v) is 11.1. The molecule has 3 aliphatic rings. The number of ether oxygens (including phenoxy) is 2. The van der Waals surface area contributed by atoms with Crippen molar-refractivity contribution in [3.05, 3.63) is 89.6 Å². The molecule has 0 radical (unpaired) electrons. The first-order chi connectivity index (χ1) is 26.6. The first kappa shape index (κ1) is 35.8. The smallest absolute Gasteiger partial charge is 0.407 e. The van der Waals surface area contributed by atoms with Crippen LogP contribution < -0.4 is 15.5 Å². The number of carbonyl (C=O) groups excluding carboxylic acids is 4. The maximum atomic E-state index is 13.9. The summed E-state index contributed by atoms with van der Waals surface area (Å²) in [5.74, 6) is 0.966. The average Bonchev–Trinajstić information content (AvgIpc) is 4.01. The van der Waals surface area contributed by atoms with Gasteiger partial charge in [0.1, 0.15) is 23.7 Å². The number of H-pyrrole nitrogens is 2. The van der Waals surface area contributed by atoms with E-state index in [1.54, 1.807) is 11.1 Å². The minimum Gasteiger partial charge on any atom is -0.453 e. The van der Waals surface area contributed by atoms with Crippen LogP contribution in [0.15, 0.2) is 66.9 Å². The second-order valence-electron chi connectivity index (χ2n) is 14.7. The highest BCUT2D eigenvalue weighted by molar-refractivity contribution is 6.02. The second kappa shape index (κ2) is 14.6. The predicted molar refractivity (Wildman–Crippen MR) is 205 cm³/mol. The SMILES string of the molecule is COC(=O)N[C@H]1CCc2cccc3c2N(C1=O)[C@H](c1ncc(-c2ccc(-c4ccc5nc([C@@H]6CCCN6C(=O)[C@@H](NC(=O)OC)C(C)C)[nH]c5c4)cc2)[nH]1)C3. The molecule has 0 saturated carbocycles. The molecule has 3 aliphatic heterocycles. The van der Waals surface area contributed by atoms with Crippen LogP contribution in [0.25, 0.3) is 33.4 Å². The minimum absolute atomic E-state index is 0.113. The molecule has 0 bridgehead atoms. The summed E-state index contributed by atoms with van der Waals surface area (Å²) in [6, 6.07) is 18.4. The molecule has 284 valence electrons. The van der Waals surface area contributed by atoms with Crippen molar-refractivity contribution in [1.29, 1.82) is 0 Å². The van der Waals surface area contributed by atoms with Crippen molar-refractivity contribution in [2.45, 2.75) is 70.1 Å². The Bertz CT molecular complexity index is 2280. The minimum atomic E-state index is -0.705. The Kier molecular flexibility index (Phi) is 9.49. The molecule has 14 heteroatoms. The van der Waals surface area contributed by atoms with Crippen LogP contribution in [0.2, 0.25) is 0 Å². The van der Waals surface area contributed by atoms with Gasteiger partial charge < -0.3 is 35.0 Å². The number of anilines is 1. The Morgan fingerprint density at radius 2 is 1.62 bits per heavy atom. The van der Waals surface area contributed by atoms with Gasteiger partial charge in [0.15, 0.2) is 0 Å². The van der Waals surface area contributed by atoms with E-state index in [1.807, 2.05) is 55.1 Å². The number of carbonyl (C=O) groups is 4. The third kappa shape index (κ3) is 6.66. The van der Waals surface area contributed by atoms with Gasteiger partial charge in [-0.15, -0.1) is 0 Å². The van der Waals surface area contributed by atoms with Crippen molar-refractivity contribution in [3.8, 4) is 22.4 Å². The molecule has 55 heavy (non-hydrogen) atoms. The van der Waals surface area contributed by atoms with E-state index >= 15 is 0 Å². The Hall–Kier alpha value is -6.18. The standard InChI is InChI=1S/C41H44N8O6/c1-22(2)34(47-41(53)55-4)39(51)48-18-6-9-32(48)37-43-28-16-15-26(19-30(28)44-37)23-10-12-24(13-11-23)31-21-42-36(45-31)33-20-27-8-5-7-25-14-17-29(46-40(52)54-3)38(50)49(33)35(25)27/h5,7-8,10-13,15-16,19,21-22,29,32-34H,6,9,14,17-18,20H2,1-4H3,(H,42,45)(H,43,44)(H,46,52)(H,47,53)/t29-,32-,33-,34-/m0/s1. The van der Waals surface area contributed by atoms with E-state index in [0.29, 0.717) is 31.6 Å². The Balaban J connectivity index is 0.998. The molecule has 1 saturated heterocycles. The average molecular weight is 745 g/mol. The lowest BCUT2D eigenvalue weighted by molar-refractivity contribution is -0.135. The van der Waals surface area contributed by atoms with Crippen LogP contribution >= 0.6 is 0 Å². The highest BCUT2D eigenvalue weighted by Gasteiger charge is 2.43. The lowest BCUT2D eigenvalue weighted by Gasteiger charge is -2.29. The van der Waals surface area contributed by atoms with Crippen LogP contribution in [0.3, 0.4) is 0 Å². The fourth-order valence-electron chi connectivity index (χ4n) is 8.24. The molecular weight excluding hydrogens is 701 g/mol. The van der Waals surface area contributed by atoms with Gasteiger partial charge in [-0.1, -0.05) is 62.4 Å². The van der Waals surface area contributed by atoms with Crippen LogP contribution in [-0.4, -0.2) is 81.7 Å². The number of aromatic nitrogens is 4. The quantitative estimate of drug-likeness (QED) is 0.151. The van der Waals surface area contributed by atoms with Crippen LogP contribution in [-0.2, 0) is 31.9 Å². The summed E-state index contributed by atoms with van der Waals surface area (Å²) >= 11 is 0. The topological polar surface area (TPSA) is 175 Å². The van der Waals surface area contributed by atoms with E-state index in [4.69, 9.17) is 19.4 Å². The fourth-order valence-corrected chi connectivity index (χ4v) is 8.24. The number of nitrogens with zero attached hydrogens (tertiary/aromatic N) is 4. The van der Waals surface area contributed by atoms with Crippen LogP contribution in [0.4, 0.5) is 15.3 Å². The van der Waals surface area contributed by atoms with E-state index in [0.717, 1.165) is 68.9 Å². The van der Waals surface area contributed by atoms with Crippen molar-refractivity contribution >= 4 is 40.7 Å². The van der Waals surface area contributed by atoms with Crippen LogP contribution in [0, 0.1) is 5.92 Å².